The van der Waals surface area contributed by atoms with Gasteiger partial charge in [-0.25, -0.2) is 0 Å². The minimum Gasteiger partial charge on any atom is -0.459 e. The van der Waals surface area contributed by atoms with Crippen molar-refractivity contribution >= 4 is 28.7 Å². The van der Waals surface area contributed by atoms with Gasteiger partial charge in [-0.2, -0.15) is 0 Å². The Morgan fingerprint density at radius 1 is 1.44 bits per heavy atom. The number of furan rings is 1. The summed E-state index contributed by atoms with van der Waals surface area (Å²) in [6.07, 6.45) is 1.35. The Bertz CT molecular complexity index is 513. The number of carbonyl (C=O) groups excluding carboxylic acids is 2. The summed E-state index contributed by atoms with van der Waals surface area (Å²) in [6, 6.07) is 5.04. The van der Waals surface area contributed by atoms with Gasteiger partial charge in [-0.3, -0.25) is 9.59 Å². The number of carbonyl (C=O) groups is 2. The average Bonchev–Trinajstić information content (AvgIpc) is 2.87. The maximum absolute atomic E-state index is 11.6. The molecule has 2 rings (SSSR count). The lowest BCUT2D eigenvalue weighted by atomic mass is 10.3. The van der Waals surface area contributed by atoms with Crippen LogP contribution in [0.1, 0.15) is 27.2 Å². The molecular weight excluding hydrogens is 226 g/mol. The van der Waals surface area contributed by atoms with Crippen LogP contribution in [0.25, 0.3) is 0 Å². The minimum absolute atomic E-state index is 0.170. The number of hydrogen-bond donors (Lipinski definition) is 1. The fourth-order valence-electron chi connectivity index (χ4n) is 1.19. The highest BCUT2D eigenvalue weighted by molar-refractivity contribution is 7.12. The predicted octanol–water partition coefficient (Wildman–Crippen LogP) is 2.80. The molecule has 0 saturated carbocycles. The molecule has 0 radical (unpaired) electrons. The molecule has 0 fully saturated rings. The second kappa shape index (κ2) is 4.32. The summed E-state index contributed by atoms with van der Waals surface area (Å²) in [5, 5.41) is 4.47. The fourth-order valence-corrected chi connectivity index (χ4v) is 1.81. The van der Waals surface area contributed by atoms with E-state index in [0.717, 1.165) is 0 Å². The number of thiophene rings is 1. The molecule has 0 aromatic carbocycles. The third-order valence-corrected chi connectivity index (χ3v) is 2.82. The number of Topliss-reactive ketones (excluding diaryl/α,β-unsaturated/α-hetero) is 1. The van der Waals surface area contributed by atoms with E-state index in [1.165, 1.54) is 30.6 Å². The number of nitrogens with one attached hydrogen (secondary N) is 1. The zero-order chi connectivity index (χ0) is 11.5. The van der Waals surface area contributed by atoms with E-state index in [1.54, 1.807) is 12.1 Å². The molecule has 2 aromatic heterocycles. The van der Waals surface area contributed by atoms with Crippen LogP contribution in [0.2, 0.25) is 0 Å². The van der Waals surface area contributed by atoms with E-state index in [1.807, 2.05) is 5.38 Å². The molecule has 0 spiro atoms. The molecule has 16 heavy (non-hydrogen) atoms. The van der Waals surface area contributed by atoms with E-state index >= 15 is 0 Å². The molecule has 4 nitrogen and oxygen atoms in total. The number of anilines is 1. The van der Waals surface area contributed by atoms with Crippen molar-refractivity contribution in [2.75, 3.05) is 5.32 Å². The smallest absolute Gasteiger partial charge is 0.265 e. The summed E-state index contributed by atoms with van der Waals surface area (Å²) >= 11 is 1.35. The molecule has 0 saturated heterocycles. The van der Waals surface area contributed by atoms with E-state index in [-0.39, 0.29) is 17.5 Å². The second-order valence-corrected chi connectivity index (χ2v) is 4.13. The Kier molecular flexibility index (Phi) is 2.87. The van der Waals surface area contributed by atoms with Crippen LogP contribution in [-0.2, 0) is 0 Å². The SMILES string of the molecule is CC(=O)c1cc(NC(=O)c2cccs2)co1. The number of hydrogen-bond acceptors (Lipinski definition) is 4. The molecule has 0 aliphatic carbocycles. The predicted molar refractivity (Wildman–Crippen MR) is 61.0 cm³/mol. The van der Waals surface area contributed by atoms with E-state index in [4.69, 9.17) is 4.42 Å². The van der Waals surface area contributed by atoms with Crippen molar-refractivity contribution in [2.24, 2.45) is 0 Å². The molecule has 0 aliphatic heterocycles. The molecule has 2 aromatic rings. The lowest BCUT2D eigenvalue weighted by Crippen LogP contribution is -2.09. The third-order valence-electron chi connectivity index (χ3n) is 1.95. The molecular formula is C11H9NO3S. The Balaban J connectivity index is 2.09. The number of rotatable bonds is 3. The molecule has 0 unspecified atom stereocenters. The standard InChI is InChI=1S/C11H9NO3S/c1-7(13)9-5-8(6-15-9)12-11(14)10-3-2-4-16-10/h2-6H,1H3,(H,12,14). The van der Waals surface area contributed by atoms with Crippen LogP contribution in [0.4, 0.5) is 5.69 Å². The first-order valence-electron chi connectivity index (χ1n) is 4.61. The first-order valence-corrected chi connectivity index (χ1v) is 5.49. The lowest BCUT2D eigenvalue weighted by Gasteiger charge is -1.97. The van der Waals surface area contributed by atoms with Crippen molar-refractivity contribution in [2.45, 2.75) is 6.92 Å². The summed E-state index contributed by atoms with van der Waals surface area (Å²) < 4.78 is 4.98. The Morgan fingerprint density at radius 3 is 2.81 bits per heavy atom. The van der Waals surface area contributed by atoms with Gasteiger partial charge in [0.2, 0.25) is 0 Å². The molecule has 1 amide bonds. The number of ketones is 1. The van der Waals surface area contributed by atoms with Crippen LogP contribution in [0.15, 0.2) is 34.3 Å². The normalized spacial score (nSPS) is 10.1. The summed E-state index contributed by atoms with van der Waals surface area (Å²) in [4.78, 5) is 23.2. The van der Waals surface area contributed by atoms with Crippen LogP contribution in [0.3, 0.4) is 0 Å². The molecule has 0 aliphatic rings. The van der Waals surface area contributed by atoms with Gasteiger partial charge in [0.25, 0.3) is 5.91 Å². The largest absolute Gasteiger partial charge is 0.459 e. The average molecular weight is 235 g/mol. The van der Waals surface area contributed by atoms with Gasteiger partial charge in [0.1, 0.15) is 6.26 Å². The van der Waals surface area contributed by atoms with Crippen LogP contribution in [0.5, 0.6) is 0 Å². The summed E-state index contributed by atoms with van der Waals surface area (Å²) in [6.45, 7) is 1.41. The molecule has 0 bridgehead atoms. The van der Waals surface area contributed by atoms with Crippen molar-refractivity contribution in [1.82, 2.24) is 0 Å². The van der Waals surface area contributed by atoms with Crippen molar-refractivity contribution in [3.05, 3.63) is 40.5 Å². The Labute approximate surface area is 95.9 Å². The molecule has 0 atom stereocenters. The second-order valence-electron chi connectivity index (χ2n) is 3.19. The van der Waals surface area contributed by atoms with Crippen LogP contribution < -0.4 is 5.32 Å². The van der Waals surface area contributed by atoms with Gasteiger partial charge in [0.05, 0.1) is 10.6 Å². The van der Waals surface area contributed by atoms with Crippen molar-refractivity contribution in [3.8, 4) is 0 Å². The fraction of sp³-hybridized carbons (Fsp3) is 0.0909. The van der Waals surface area contributed by atoms with Crippen LogP contribution >= 0.6 is 11.3 Å². The van der Waals surface area contributed by atoms with Gasteiger partial charge in [-0.05, 0) is 11.4 Å². The van der Waals surface area contributed by atoms with Gasteiger partial charge < -0.3 is 9.73 Å². The first-order chi connectivity index (χ1) is 7.66. The maximum atomic E-state index is 11.6. The van der Waals surface area contributed by atoms with Crippen LogP contribution in [-0.4, -0.2) is 11.7 Å². The lowest BCUT2D eigenvalue weighted by molar-refractivity contribution is 0.0986. The summed E-state index contributed by atoms with van der Waals surface area (Å²) in [5.41, 5.74) is 0.489. The quantitative estimate of drug-likeness (QED) is 0.832. The maximum Gasteiger partial charge on any atom is 0.265 e. The summed E-state index contributed by atoms with van der Waals surface area (Å²) in [5.74, 6) is -0.135. The van der Waals surface area contributed by atoms with E-state index in [9.17, 15) is 9.59 Å². The van der Waals surface area contributed by atoms with Gasteiger partial charge in [0, 0.05) is 13.0 Å². The zero-order valence-corrected chi connectivity index (χ0v) is 9.34. The Morgan fingerprint density at radius 2 is 2.25 bits per heavy atom. The highest BCUT2D eigenvalue weighted by atomic mass is 32.1. The van der Waals surface area contributed by atoms with Crippen LogP contribution in [0, 0.1) is 0 Å². The van der Waals surface area contributed by atoms with Gasteiger partial charge in [-0.15, -0.1) is 11.3 Å². The van der Waals surface area contributed by atoms with Crippen molar-refractivity contribution < 1.29 is 14.0 Å². The molecule has 5 heteroatoms. The van der Waals surface area contributed by atoms with Gasteiger partial charge in [0.15, 0.2) is 11.5 Å². The van der Waals surface area contributed by atoms with E-state index in [2.05, 4.69) is 5.32 Å². The summed E-state index contributed by atoms with van der Waals surface area (Å²) in [7, 11) is 0. The van der Waals surface area contributed by atoms with Crippen molar-refractivity contribution in [3.63, 3.8) is 0 Å². The highest BCUT2D eigenvalue weighted by Crippen LogP contribution is 2.16. The third kappa shape index (κ3) is 2.20. The topological polar surface area (TPSA) is 59.3 Å². The van der Waals surface area contributed by atoms with E-state index in [0.29, 0.717) is 10.6 Å². The number of amides is 1. The molecule has 82 valence electrons. The minimum atomic E-state index is -0.203. The molecule has 2 heterocycles. The Hall–Kier alpha value is -1.88. The van der Waals surface area contributed by atoms with E-state index < -0.39 is 0 Å². The first kappa shape index (κ1) is 10.6. The molecule has 1 N–H and O–H groups in total. The van der Waals surface area contributed by atoms with Crippen molar-refractivity contribution in [1.29, 1.82) is 0 Å². The van der Waals surface area contributed by atoms with Gasteiger partial charge in [-0.1, -0.05) is 6.07 Å². The monoisotopic (exact) mass is 235 g/mol. The highest BCUT2D eigenvalue weighted by Gasteiger charge is 2.10. The zero-order valence-electron chi connectivity index (χ0n) is 8.52. The van der Waals surface area contributed by atoms with Gasteiger partial charge >= 0.3 is 0 Å².